The van der Waals surface area contributed by atoms with E-state index < -0.39 is 0 Å². The van der Waals surface area contributed by atoms with E-state index >= 15 is 0 Å². The van der Waals surface area contributed by atoms with Gasteiger partial charge < -0.3 is 14.7 Å². The molecule has 3 heterocycles. The molecule has 1 aromatic carbocycles. The first-order valence-corrected chi connectivity index (χ1v) is 10.8. The van der Waals surface area contributed by atoms with Crippen LogP contribution in [0.2, 0.25) is 0 Å². The number of nitrogens with zero attached hydrogens (tertiary/aromatic N) is 5. The number of aromatic nitrogens is 2. The molecule has 2 aromatic heterocycles. The molecule has 3 aromatic rings. The maximum atomic E-state index is 13.5. The first-order valence-electron chi connectivity index (χ1n) is 10.8. The second-order valence-corrected chi connectivity index (χ2v) is 7.55. The Morgan fingerprint density at radius 2 is 1.68 bits per heavy atom. The number of urea groups is 1. The van der Waals surface area contributed by atoms with Crippen LogP contribution in [0.25, 0.3) is 22.2 Å². The summed E-state index contributed by atoms with van der Waals surface area (Å²) in [7, 11) is 0. The summed E-state index contributed by atoms with van der Waals surface area (Å²) in [5.74, 6) is -0.0290. The number of benzene rings is 1. The van der Waals surface area contributed by atoms with Gasteiger partial charge in [-0.15, -0.1) is 0 Å². The van der Waals surface area contributed by atoms with Crippen molar-refractivity contribution >= 4 is 22.8 Å². The molecule has 0 radical (unpaired) electrons. The highest BCUT2D eigenvalue weighted by molar-refractivity contribution is 6.07. The minimum atomic E-state index is -0.0290. The topological polar surface area (TPSA) is 69.6 Å². The van der Waals surface area contributed by atoms with Crippen LogP contribution in [0.1, 0.15) is 24.2 Å². The molecule has 0 bridgehead atoms. The van der Waals surface area contributed by atoms with Gasteiger partial charge in [-0.2, -0.15) is 0 Å². The van der Waals surface area contributed by atoms with E-state index in [0.29, 0.717) is 44.8 Å². The number of para-hydroxylation sites is 1. The van der Waals surface area contributed by atoms with E-state index in [9.17, 15) is 9.59 Å². The largest absolute Gasteiger partial charge is 0.335 e. The van der Waals surface area contributed by atoms with Crippen molar-refractivity contribution in [2.24, 2.45) is 0 Å². The molecule has 3 amide bonds. The number of amides is 3. The van der Waals surface area contributed by atoms with Gasteiger partial charge in [-0.1, -0.05) is 18.2 Å². The lowest BCUT2D eigenvalue weighted by molar-refractivity contribution is 0.0643. The van der Waals surface area contributed by atoms with Gasteiger partial charge in [-0.05, 0) is 38.1 Å². The molecule has 0 aliphatic carbocycles. The van der Waals surface area contributed by atoms with E-state index in [1.807, 2.05) is 71.0 Å². The van der Waals surface area contributed by atoms with Crippen molar-refractivity contribution in [2.75, 3.05) is 39.3 Å². The lowest BCUT2D eigenvalue weighted by Crippen LogP contribution is -2.54. The van der Waals surface area contributed by atoms with Crippen molar-refractivity contribution < 1.29 is 9.59 Å². The number of piperazine rings is 1. The van der Waals surface area contributed by atoms with Crippen molar-refractivity contribution in [1.82, 2.24) is 24.7 Å². The van der Waals surface area contributed by atoms with Crippen LogP contribution < -0.4 is 0 Å². The van der Waals surface area contributed by atoms with Gasteiger partial charge in [-0.25, -0.2) is 9.78 Å². The van der Waals surface area contributed by atoms with Gasteiger partial charge in [0.25, 0.3) is 5.91 Å². The summed E-state index contributed by atoms with van der Waals surface area (Å²) in [5, 5.41) is 0.835. The van der Waals surface area contributed by atoms with Gasteiger partial charge in [0.1, 0.15) is 0 Å². The average molecular weight is 418 g/mol. The van der Waals surface area contributed by atoms with Crippen LogP contribution in [0.15, 0.2) is 54.9 Å². The van der Waals surface area contributed by atoms with Gasteiger partial charge in [-0.3, -0.25) is 9.78 Å². The second kappa shape index (κ2) is 9.12. The molecular formula is C24H27N5O2. The maximum Gasteiger partial charge on any atom is 0.320 e. The fourth-order valence-corrected chi connectivity index (χ4v) is 3.98. The van der Waals surface area contributed by atoms with E-state index in [1.165, 1.54) is 0 Å². The smallest absolute Gasteiger partial charge is 0.320 e. The van der Waals surface area contributed by atoms with Gasteiger partial charge in [0.05, 0.1) is 16.8 Å². The Morgan fingerprint density at radius 1 is 0.968 bits per heavy atom. The number of fused-ring (bicyclic) bond motifs is 1. The SMILES string of the molecule is CCN(CC)C(=O)N1CCN(C(=O)c2cc(-c3cccnc3)nc3ccccc23)CC1. The Morgan fingerprint density at radius 3 is 2.35 bits per heavy atom. The molecule has 1 aliphatic heterocycles. The molecular weight excluding hydrogens is 390 g/mol. The number of rotatable bonds is 4. The lowest BCUT2D eigenvalue weighted by Gasteiger charge is -2.37. The van der Waals surface area contributed by atoms with Crippen molar-refractivity contribution in [3.8, 4) is 11.3 Å². The first-order chi connectivity index (χ1) is 15.1. The zero-order valence-electron chi connectivity index (χ0n) is 18.0. The maximum absolute atomic E-state index is 13.5. The predicted octanol–water partition coefficient (Wildman–Crippen LogP) is 3.52. The quantitative estimate of drug-likeness (QED) is 0.651. The minimum absolute atomic E-state index is 0.0290. The molecule has 4 rings (SSSR count). The third-order valence-electron chi connectivity index (χ3n) is 5.78. The summed E-state index contributed by atoms with van der Waals surface area (Å²) >= 11 is 0. The van der Waals surface area contributed by atoms with Gasteiger partial charge in [0.2, 0.25) is 0 Å². The van der Waals surface area contributed by atoms with Crippen LogP contribution in [0.4, 0.5) is 4.79 Å². The highest BCUT2D eigenvalue weighted by atomic mass is 16.2. The van der Waals surface area contributed by atoms with Crippen LogP contribution >= 0.6 is 0 Å². The third-order valence-corrected chi connectivity index (χ3v) is 5.78. The van der Waals surface area contributed by atoms with Gasteiger partial charge in [0.15, 0.2) is 0 Å². The van der Waals surface area contributed by atoms with Crippen molar-refractivity contribution in [2.45, 2.75) is 13.8 Å². The molecule has 7 heteroatoms. The standard InChI is InChI=1S/C24H27N5O2/c1-3-27(4-2)24(31)29-14-12-28(13-15-29)23(30)20-16-22(18-8-7-11-25-17-18)26-21-10-6-5-9-19(20)21/h5-11,16-17H,3-4,12-15H2,1-2H3. The Labute approximate surface area is 182 Å². The summed E-state index contributed by atoms with van der Waals surface area (Å²) in [6, 6.07) is 13.4. The van der Waals surface area contributed by atoms with Crippen molar-refractivity contribution in [1.29, 1.82) is 0 Å². The Bertz CT molecular complexity index is 1070. The summed E-state index contributed by atoms with van der Waals surface area (Å²) in [4.78, 5) is 40.5. The minimum Gasteiger partial charge on any atom is -0.335 e. The highest BCUT2D eigenvalue weighted by Crippen LogP contribution is 2.26. The normalized spacial score (nSPS) is 14.0. The van der Waals surface area contributed by atoms with Crippen LogP contribution in [-0.4, -0.2) is 75.9 Å². The molecule has 1 saturated heterocycles. The molecule has 0 spiro atoms. The fraction of sp³-hybridized carbons (Fsp3) is 0.333. The molecule has 1 aliphatic rings. The van der Waals surface area contributed by atoms with Crippen molar-refractivity contribution in [3.05, 3.63) is 60.4 Å². The molecule has 7 nitrogen and oxygen atoms in total. The molecule has 0 N–H and O–H groups in total. The highest BCUT2D eigenvalue weighted by Gasteiger charge is 2.28. The van der Waals surface area contributed by atoms with E-state index in [-0.39, 0.29) is 11.9 Å². The van der Waals surface area contributed by atoms with E-state index in [1.54, 1.807) is 12.4 Å². The number of pyridine rings is 2. The Kier molecular flexibility index (Phi) is 6.11. The monoisotopic (exact) mass is 417 g/mol. The van der Waals surface area contributed by atoms with Gasteiger partial charge >= 0.3 is 6.03 Å². The lowest BCUT2D eigenvalue weighted by atomic mass is 10.0. The Hall–Kier alpha value is -3.48. The van der Waals surface area contributed by atoms with Crippen LogP contribution in [0.5, 0.6) is 0 Å². The summed E-state index contributed by atoms with van der Waals surface area (Å²) < 4.78 is 0. The van der Waals surface area contributed by atoms with Gasteiger partial charge in [0, 0.05) is 62.6 Å². The predicted molar refractivity (Wildman–Crippen MR) is 121 cm³/mol. The number of hydrogen-bond donors (Lipinski definition) is 0. The third kappa shape index (κ3) is 4.21. The van der Waals surface area contributed by atoms with Crippen molar-refractivity contribution in [3.63, 3.8) is 0 Å². The number of carbonyl (C=O) groups excluding carboxylic acids is 2. The van der Waals surface area contributed by atoms with Crippen LogP contribution in [-0.2, 0) is 0 Å². The number of hydrogen-bond acceptors (Lipinski definition) is 4. The number of carbonyl (C=O) groups is 2. The summed E-state index contributed by atoms with van der Waals surface area (Å²) in [6.45, 7) is 7.46. The molecule has 31 heavy (non-hydrogen) atoms. The van der Waals surface area contributed by atoms with E-state index in [4.69, 9.17) is 4.98 Å². The first kappa shape index (κ1) is 20.8. The fourth-order valence-electron chi connectivity index (χ4n) is 3.98. The van der Waals surface area contributed by atoms with Crippen LogP contribution in [0, 0.1) is 0 Å². The molecule has 160 valence electrons. The average Bonchev–Trinajstić information content (AvgIpc) is 2.84. The Balaban J connectivity index is 1.59. The zero-order chi connectivity index (χ0) is 21.8. The molecule has 1 fully saturated rings. The zero-order valence-corrected chi connectivity index (χ0v) is 18.0. The summed E-state index contributed by atoms with van der Waals surface area (Å²) in [6.07, 6.45) is 3.47. The second-order valence-electron chi connectivity index (χ2n) is 7.55. The van der Waals surface area contributed by atoms with Crippen LogP contribution in [0.3, 0.4) is 0 Å². The molecule has 0 atom stereocenters. The molecule has 0 unspecified atom stereocenters. The van der Waals surface area contributed by atoms with E-state index in [2.05, 4.69) is 4.98 Å². The molecule has 0 saturated carbocycles. The summed E-state index contributed by atoms with van der Waals surface area (Å²) in [5.41, 5.74) is 3.01. The van der Waals surface area contributed by atoms with E-state index in [0.717, 1.165) is 22.2 Å².